The van der Waals surface area contributed by atoms with Gasteiger partial charge in [-0.3, -0.25) is 0 Å². The van der Waals surface area contributed by atoms with Crippen LogP contribution in [0, 0.1) is 34.9 Å². The van der Waals surface area contributed by atoms with Crippen LogP contribution in [0.5, 0.6) is 0 Å². The minimum atomic E-state index is -0.825. The van der Waals surface area contributed by atoms with Crippen LogP contribution >= 0.6 is 0 Å². The second kappa shape index (κ2) is 9.54. The first-order chi connectivity index (χ1) is 15.1. The zero-order valence-electron chi connectivity index (χ0n) is 18.3. The van der Waals surface area contributed by atoms with E-state index < -0.39 is 11.5 Å². The number of methoxy groups -OCH3 is 1. The van der Waals surface area contributed by atoms with Crippen LogP contribution in [0.15, 0.2) is 24.3 Å². The summed E-state index contributed by atoms with van der Waals surface area (Å²) in [6.45, 7) is 5.21. The number of nitrogens with zero attached hydrogens (tertiary/aromatic N) is 2. The van der Waals surface area contributed by atoms with E-state index >= 15 is 0 Å². The Bertz CT molecular complexity index is 816. The molecule has 6 nitrogen and oxygen atoms in total. The predicted octanol–water partition coefficient (Wildman–Crippen LogP) is 3.04. The molecular weight excluding hydrogens is 395 g/mol. The fraction of sp³-hybridized carbons (Fsp3) is 0.667. The number of nitriles is 1. The molecule has 2 aliphatic heterocycles. The summed E-state index contributed by atoms with van der Waals surface area (Å²) in [6, 6.07) is 9.10. The van der Waals surface area contributed by atoms with Gasteiger partial charge in [0.05, 0.1) is 18.6 Å². The van der Waals surface area contributed by atoms with Crippen molar-refractivity contribution in [2.75, 3.05) is 39.8 Å². The molecule has 2 N–H and O–H groups in total. The second-order valence-corrected chi connectivity index (χ2v) is 9.37. The number of rotatable bonds is 6. The van der Waals surface area contributed by atoms with E-state index in [0.29, 0.717) is 0 Å². The van der Waals surface area contributed by atoms with Gasteiger partial charge in [-0.2, -0.15) is 5.26 Å². The lowest BCUT2D eigenvalue weighted by Gasteiger charge is -2.46. The number of hydrogen-bond acceptors (Lipinski definition) is 5. The van der Waals surface area contributed by atoms with E-state index in [-0.39, 0.29) is 23.7 Å². The zero-order chi connectivity index (χ0) is 21.8. The lowest BCUT2D eigenvalue weighted by atomic mass is 9.59. The molecule has 0 radical (unpaired) electrons. The summed E-state index contributed by atoms with van der Waals surface area (Å²) in [6.07, 6.45) is 3.94. The predicted molar refractivity (Wildman–Crippen MR) is 116 cm³/mol. The Labute approximate surface area is 184 Å². The van der Waals surface area contributed by atoms with Crippen molar-refractivity contribution in [2.24, 2.45) is 17.8 Å². The average molecular weight is 429 g/mol. The molecule has 1 saturated carbocycles. The molecule has 0 unspecified atom stereocenters. The molecule has 0 aromatic heterocycles. The van der Waals surface area contributed by atoms with Gasteiger partial charge in [-0.25, -0.2) is 9.18 Å². The first kappa shape index (κ1) is 22.0. The van der Waals surface area contributed by atoms with Crippen molar-refractivity contribution in [1.29, 1.82) is 5.26 Å². The Kier molecular flexibility index (Phi) is 6.78. The van der Waals surface area contributed by atoms with Crippen molar-refractivity contribution in [3.05, 3.63) is 35.6 Å². The lowest BCUT2D eigenvalue weighted by molar-refractivity contribution is 0.0905. The highest BCUT2D eigenvalue weighted by atomic mass is 19.1. The molecule has 168 valence electrons. The molecule has 3 atom stereocenters. The summed E-state index contributed by atoms with van der Waals surface area (Å²) < 4.78 is 19.1. The van der Waals surface area contributed by atoms with Crippen molar-refractivity contribution in [3.8, 4) is 6.07 Å². The molecule has 2 heterocycles. The SMILES string of the molecule is COC(=O)N[C@H]1CCC[C@@H]1[C@](C#N)(c1cccc(F)c1)C1CCN(CC2CNC2)CC1. The molecule has 1 aromatic carbocycles. The zero-order valence-corrected chi connectivity index (χ0v) is 18.3. The van der Waals surface area contributed by atoms with Crippen LogP contribution < -0.4 is 10.6 Å². The van der Waals surface area contributed by atoms with Gasteiger partial charge in [-0.15, -0.1) is 0 Å². The first-order valence-electron chi connectivity index (χ1n) is 11.5. The third kappa shape index (κ3) is 4.42. The van der Waals surface area contributed by atoms with Crippen LogP contribution in [0.4, 0.5) is 9.18 Å². The van der Waals surface area contributed by atoms with Gasteiger partial charge in [0.1, 0.15) is 5.82 Å². The van der Waals surface area contributed by atoms with Gasteiger partial charge in [0.25, 0.3) is 0 Å². The number of carbonyl (C=O) groups is 1. The molecule has 1 aliphatic carbocycles. The van der Waals surface area contributed by atoms with Crippen LogP contribution in [0.2, 0.25) is 0 Å². The number of amides is 1. The standard InChI is InChI=1S/C24H33FN4O2/c1-31-23(30)28-22-7-3-6-21(22)24(16-26,19-4-2-5-20(25)12-19)18-8-10-29(11-9-18)15-17-13-27-14-17/h2,4-5,12,17-18,21-22,27H,3,6-11,13-15H2,1H3,(H,28,30)/t21-,22-,24-/m0/s1. The molecule has 7 heteroatoms. The van der Waals surface area contributed by atoms with Gasteiger partial charge in [-0.1, -0.05) is 18.6 Å². The van der Waals surface area contributed by atoms with E-state index in [1.54, 1.807) is 6.07 Å². The number of piperidine rings is 1. The van der Waals surface area contributed by atoms with E-state index in [2.05, 4.69) is 21.6 Å². The number of carbonyl (C=O) groups excluding carboxylic acids is 1. The minimum absolute atomic E-state index is 0.0641. The highest BCUT2D eigenvalue weighted by Gasteiger charge is 2.52. The van der Waals surface area contributed by atoms with E-state index in [4.69, 9.17) is 4.74 Å². The molecule has 1 aromatic rings. The third-order valence-corrected chi connectivity index (χ3v) is 7.69. The maximum Gasteiger partial charge on any atom is 0.407 e. The summed E-state index contributed by atoms with van der Waals surface area (Å²) in [5, 5.41) is 17.0. The molecule has 1 amide bonds. The summed E-state index contributed by atoms with van der Waals surface area (Å²) in [5.41, 5.74) is -0.0748. The number of halogens is 1. The number of benzene rings is 1. The van der Waals surface area contributed by atoms with Crippen molar-refractivity contribution < 1.29 is 13.9 Å². The van der Waals surface area contributed by atoms with Crippen molar-refractivity contribution in [1.82, 2.24) is 15.5 Å². The van der Waals surface area contributed by atoms with Gasteiger partial charge >= 0.3 is 6.09 Å². The molecule has 4 rings (SSSR count). The third-order valence-electron chi connectivity index (χ3n) is 7.69. The number of hydrogen-bond donors (Lipinski definition) is 2. The highest BCUT2D eigenvalue weighted by molar-refractivity contribution is 5.67. The van der Waals surface area contributed by atoms with Crippen molar-refractivity contribution >= 4 is 6.09 Å². The number of nitrogens with one attached hydrogen (secondary N) is 2. The largest absolute Gasteiger partial charge is 0.453 e. The maximum absolute atomic E-state index is 14.3. The van der Waals surface area contributed by atoms with E-state index in [9.17, 15) is 14.4 Å². The maximum atomic E-state index is 14.3. The minimum Gasteiger partial charge on any atom is -0.453 e. The number of ether oxygens (including phenoxy) is 1. The van der Waals surface area contributed by atoms with Crippen molar-refractivity contribution in [3.63, 3.8) is 0 Å². The fourth-order valence-electron chi connectivity index (χ4n) is 6.04. The normalized spacial score (nSPS) is 27.1. The van der Waals surface area contributed by atoms with E-state index in [1.807, 2.05) is 6.07 Å². The molecule has 31 heavy (non-hydrogen) atoms. The number of alkyl carbamates (subject to hydrolysis) is 1. The van der Waals surface area contributed by atoms with Gasteiger partial charge in [0.15, 0.2) is 0 Å². The van der Waals surface area contributed by atoms with Gasteiger partial charge in [-0.05, 0) is 68.3 Å². The fourth-order valence-corrected chi connectivity index (χ4v) is 6.04. The molecular formula is C24H33FN4O2. The van der Waals surface area contributed by atoms with Crippen LogP contribution in [-0.2, 0) is 10.2 Å². The van der Waals surface area contributed by atoms with Crippen LogP contribution in [0.1, 0.15) is 37.7 Å². The summed E-state index contributed by atoms with van der Waals surface area (Å²) >= 11 is 0. The van der Waals surface area contributed by atoms with E-state index in [1.165, 1.54) is 19.2 Å². The van der Waals surface area contributed by atoms with Crippen LogP contribution in [0.25, 0.3) is 0 Å². The first-order valence-corrected chi connectivity index (χ1v) is 11.5. The monoisotopic (exact) mass is 428 g/mol. The Morgan fingerprint density at radius 1 is 1.32 bits per heavy atom. The summed E-state index contributed by atoms with van der Waals surface area (Å²) in [4.78, 5) is 14.5. The van der Waals surface area contributed by atoms with Crippen LogP contribution in [-0.4, -0.2) is 56.9 Å². The Morgan fingerprint density at radius 2 is 2.10 bits per heavy atom. The Hall–Kier alpha value is -2.17. The topological polar surface area (TPSA) is 77.4 Å². The molecule has 0 bridgehead atoms. The molecule has 2 saturated heterocycles. The lowest BCUT2D eigenvalue weighted by Crippen LogP contribution is -2.54. The number of likely N-dealkylation sites (tertiary alicyclic amines) is 1. The van der Waals surface area contributed by atoms with Gasteiger partial charge < -0.3 is 20.3 Å². The average Bonchev–Trinajstić information content (AvgIpc) is 3.21. The molecule has 0 spiro atoms. The Morgan fingerprint density at radius 3 is 2.71 bits per heavy atom. The Balaban J connectivity index is 1.61. The second-order valence-electron chi connectivity index (χ2n) is 9.37. The quantitative estimate of drug-likeness (QED) is 0.728. The molecule has 3 fully saturated rings. The smallest absolute Gasteiger partial charge is 0.407 e. The van der Waals surface area contributed by atoms with Crippen LogP contribution in [0.3, 0.4) is 0 Å². The molecule has 3 aliphatic rings. The van der Waals surface area contributed by atoms with Gasteiger partial charge in [0, 0.05) is 31.6 Å². The highest BCUT2D eigenvalue weighted by Crippen LogP contribution is 2.50. The van der Waals surface area contributed by atoms with Crippen molar-refractivity contribution in [2.45, 2.75) is 43.6 Å². The van der Waals surface area contributed by atoms with Gasteiger partial charge in [0.2, 0.25) is 0 Å². The summed E-state index contributed by atoms with van der Waals surface area (Å²) in [7, 11) is 1.36. The van der Waals surface area contributed by atoms with E-state index in [0.717, 1.165) is 76.3 Å². The summed E-state index contributed by atoms with van der Waals surface area (Å²) in [5.74, 6) is 0.470.